The Kier molecular flexibility index (Phi) is 4.38. The molecule has 0 fully saturated rings. The molecule has 0 spiro atoms. The maximum absolute atomic E-state index is 11.8. The van der Waals surface area contributed by atoms with Gasteiger partial charge in [0.2, 0.25) is 5.91 Å². The molecule has 0 aliphatic rings. The molecule has 0 aliphatic carbocycles. The molecule has 0 unspecified atom stereocenters. The maximum Gasteiger partial charge on any atom is 0.248 e. The molecule has 2 rings (SSSR count). The lowest BCUT2D eigenvalue weighted by Gasteiger charge is -2.08. The van der Waals surface area contributed by atoms with Crippen LogP contribution in [0.2, 0.25) is 0 Å². The van der Waals surface area contributed by atoms with Gasteiger partial charge in [-0.15, -0.1) is 0 Å². The summed E-state index contributed by atoms with van der Waals surface area (Å²) in [7, 11) is 0. The minimum Gasteiger partial charge on any atom is -0.462 e. The number of anilines is 1. The molecular weight excluding hydrogens is 254 g/mol. The zero-order valence-electron chi connectivity index (χ0n) is 11.5. The summed E-state index contributed by atoms with van der Waals surface area (Å²) in [5.74, 6) is 1.20. The van der Waals surface area contributed by atoms with Crippen LogP contribution < -0.4 is 5.32 Å². The summed E-state index contributed by atoms with van der Waals surface area (Å²) in [6.45, 7) is 3.70. The molecule has 0 atom stereocenters. The van der Waals surface area contributed by atoms with Crippen molar-refractivity contribution in [2.75, 3.05) is 5.32 Å². The largest absolute Gasteiger partial charge is 0.462 e. The van der Waals surface area contributed by atoms with E-state index in [0.29, 0.717) is 11.4 Å². The maximum atomic E-state index is 11.8. The van der Waals surface area contributed by atoms with Crippen molar-refractivity contribution < 1.29 is 14.3 Å². The molecule has 1 aromatic heterocycles. The van der Waals surface area contributed by atoms with Crippen LogP contribution in [0.1, 0.15) is 22.6 Å². The van der Waals surface area contributed by atoms with Crippen LogP contribution in [0.25, 0.3) is 6.08 Å². The van der Waals surface area contributed by atoms with E-state index in [9.17, 15) is 4.79 Å². The summed E-state index contributed by atoms with van der Waals surface area (Å²) in [5.41, 5.74) is 2.40. The highest BCUT2D eigenvalue weighted by molar-refractivity contribution is 6.02. The summed E-state index contributed by atoms with van der Waals surface area (Å²) < 4.78 is 5.34. The number of benzene rings is 1. The molecule has 4 nitrogen and oxygen atoms in total. The number of amides is 1. The third kappa shape index (κ3) is 3.59. The predicted molar refractivity (Wildman–Crippen MR) is 78.2 cm³/mol. The van der Waals surface area contributed by atoms with Crippen LogP contribution in [-0.2, 0) is 11.4 Å². The van der Waals surface area contributed by atoms with Gasteiger partial charge < -0.3 is 14.8 Å². The molecule has 2 N–H and O–H groups in total. The number of rotatable bonds is 4. The SMILES string of the molecule is Cc1ccc(/C=C/C(=O)Nc2cc(CO)ccc2C)o1. The van der Waals surface area contributed by atoms with Crippen LogP contribution in [0.4, 0.5) is 5.69 Å². The molecule has 0 saturated heterocycles. The van der Waals surface area contributed by atoms with Gasteiger partial charge >= 0.3 is 0 Å². The van der Waals surface area contributed by atoms with Crippen molar-refractivity contribution in [2.24, 2.45) is 0 Å². The predicted octanol–water partition coefficient (Wildman–Crippen LogP) is 3.04. The molecular formula is C16H17NO3. The van der Waals surface area contributed by atoms with Crippen molar-refractivity contribution >= 4 is 17.7 Å². The first-order valence-electron chi connectivity index (χ1n) is 6.34. The van der Waals surface area contributed by atoms with Crippen molar-refractivity contribution in [1.82, 2.24) is 0 Å². The number of aliphatic hydroxyl groups is 1. The van der Waals surface area contributed by atoms with Gasteiger partial charge in [0, 0.05) is 11.8 Å². The van der Waals surface area contributed by atoms with Gasteiger partial charge in [0.25, 0.3) is 0 Å². The Bertz CT molecular complexity index is 641. The molecule has 0 saturated carbocycles. The first-order chi connectivity index (χ1) is 9.58. The first-order valence-corrected chi connectivity index (χ1v) is 6.34. The third-order valence-corrected chi connectivity index (χ3v) is 2.90. The van der Waals surface area contributed by atoms with Gasteiger partial charge in [0.05, 0.1) is 6.61 Å². The molecule has 1 amide bonds. The van der Waals surface area contributed by atoms with Crippen LogP contribution in [0.5, 0.6) is 0 Å². The van der Waals surface area contributed by atoms with E-state index in [2.05, 4.69) is 5.32 Å². The summed E-state index contributed by atoms with van der Waals surface area (Å²) >= 11 is 0. The van der Waals surface area contributed by atoms with Crippen LogP contribution in [0, 0.1) is 13.8 Å². The van der Waals surface area contributed by atoms with Gasteiger partial charge in [-0.05, 0) is 49.2 Å². The summed E-state index contributed by atoms with van der Waals surface area (Å²) in [4.78, 5) is 11.8. The summed E-state index contributed by atoms with van der Waals surface area (Å²) in [5, 5.41) is 11.9. The van der Waals surface area contributed by atoms with E-state index >= 15 is 0 Å². The number of furan rings is 1. The lowest BCUT2D eigenvalue weighted by atomic mass is 10.1. The van der Waals surface area contributed by atoms with Crippen molar-refractivity contribution in [3.05, 3.63) is 59.1 Å². The number of carbonyl (C=O) groups is 1. The Balaban J connectivity index is 2.06. The third-order valence-electron chi connectivity index (χ3n) is 2.90. The van der Waals surface area contributed by atoms with Gasteiger partial charge in [0.1, 0.15) is 11.5 Å². The standard InChI is InChI=1S/C16H17NO3/c1-11-3-5-13(10-18)9-15(11)17-16(19)8-7-14-6-4-12(2)20-14/h3-9,18H,10H2,1-2H3,(H,17,19)/b8-7+. The highest BCUT2D eigenvalue weighted by Crippen LogP contribution is 2.17. The van der Waals surface area contributed by atoms with Crippen molar-refractivity contribution in [3.8, 4) is 0 Å². The molecule has 4 heteroatoms. The molecule has 1 aromatic carbocycles. The van der Waals surface area contributed by atoms with Gasteiger partial charge in [-0.3, -0.25) is 4.79 Å². The number of carbonyl (C=O) groups excluding carboxylic acids is 1. The molecule has 1 heterocycles. The van der Waals surface area contributed by atoms with E-state index in [1.165, 1.54) is 6.08 Å². The summed E-state index contributed by atoms with van der Waals surface area (Å²) in [6, 6.07) is 9.09. The van der Waals surface area contributed by atoms with Crippen molar-refractivity contribution in [3.63, 3.8) is 0 Å². The Hall–Kier alpha value is -2.33. The monoisotopic (exact) mass is 271 g/mol. The second kappa shape index (κ2) is 6.21. The highest BCUT2D eigenvalue weighted by Gasteiger charge is 2.03. The zero-order chi connectivity index (χ0) is 14.5. The fourth-order valence-corrected chi connectivity index (χ4v) is 1.78. The smallest absolute Gasteiger partial charge is 0.248 e. The van der Waals surface area contributed by atoms with Crippen LogP contribution in [0.3, 0.4) is 0 Å². The highest BCUT2D eigenvalue weighted by atomic mass is 16.3. The molecule has 0 radical (unpaired) electrons. The lowest BCUT2D eigenvalue weighted by molar-refractivity contribution is -0.111. The van der Waals surface area contributed by atoms with Crippen LogP contribution in [-0.4, -0.2) is 11.0 Å². The minimum atomic E-state index is -0.239. The minimum absolute atomic E-state index is 0.0509. The van der Waals surface area contributed by atoms with Gasteiger partial charge in [-0.1, -0.05) is 12.1 Å². The van der Waals surface area contributed by atoms with Crippen LogP contribution in [0.15, 0.2) is 40.8 Å². The van der Waals surface area contributed by atoms with Gasteiger partial charge in [-0.2, -0.15) is 0 Å². The Morgan fingerprint density at radius 3 is 2.75 bits per heavy atom. The Morgan fingerprint density at radius 2 is 2.10 bits per heavy atom. The molecule has 104 valence electrons. The number of hydrogen-bond donors (Lipinski definition) is 2. The molecule has 20 heavy (non-hydrogen) atoms. The van der Waals surface area contributed by atoms with Gasteiger partial charge in [-0.25, -0.2) is 0 Å². The molecule has 0 bridgehead atoms. The average Bonchev–Trinajstić information content (AvgIpc) is 2.85. The van der Waals surface area contributed by atoms with E-state index in [0.717, 1.165) is 16.9 Å². The first kappa shape index (κ1) is 14.1. The fraction of sp³-hybridized carbons (Fsp3) is 0.188. The number of nitrogens with one attached hydrogen (secondary N) is 1. The second-order valence-corrected chi connectivity index (χ2v) is 4.58. The Morgan fingerprint density at radius 1 is 1.30 bits per heavy atom. The Labute approximate surface area is 117 Å². The number of hydrogen-bond acceptors (Lipinski definition) is 3. The van der Waals surface area contributed by atoms with E-state index in [-0.39, 0.29) is 12.5 Å². The topological polar surface area (TPSA) is 62.5 Å². The fourth-order valence-electron chi connectivity index (χ4n) is 1.78. The number of aryl methyl sites for hydroxylation is 2. The molecule has 2 aromatic rings. The number of aliphatic hydroxyl groups excluding tert-OH is 1. The van der Waals surface area contributed by atoms with E-state index in [1.807, 2.05) is 32.0 Å². The van der Waals surface area contributed by atoms with E-state index < -0.39 is 0 Å². The zero-order valence-corrected chi connectivity index (χ0v) is 11.5. The van der Waals surface area contributed by atoms with Crippen molar-refractivity contribution in [2.45, 2.75) is 20.5 Å². The molecule has 0 aliphatic heterocycles. The quantitative estimate of drug-likeness (QED) is 0.840. The second-order valence-electron chi connectivity index (χ2n) is 4.58. The van der Waals surface area contributed by atoms with Crippen molar-refractivity contribution in [1.29, 1.82) is 0 Å². The summed E-state index contributed by atoms with van der Waals surface area (Å²) in [6.07, 6.45) is 3.04. The average molecular weight is 271 g/mol. The lowest BCUT2D eigenvalue weighted by Crippen LogP contribution is -2.09. The van der Waals surface area contributed by atoms with E-state index in [4.69, 9.17) is 9.52 Å². The van der Waals surface area contributed by atoms with E-state index in [1.54, 1.807) is 18.2 Å². The van der Waals surface area contributed by atoms with Gasteiger partial charge in [0.15, 0.2) is 0 Å². The van der Waals surface area contributed by atoms with Crippen LogP contribution >= 0.6 is 0 Å². The normalized spacial score (nSPS) is 10.9.